The minimum absolute atomic E-state index is 0.286. The number of aromatic nitrogens is 2. The van der Waals surface area contributed by atoms with E-state index in [0.29, 0.717) is 52.4 Å². The molecule has 6 heterocycles. The molecule has 0 aliphatic carbocycles. The molecule has 2 aromatic heterocycles. The number of aliphatic imine (C=N–C) groups is 4. The molecule has 4 aromatic carbocycles. The molecule has 0 radical (unpaired) electrons. The number of benzene rings is 4. The number of carbonyl (C=O) groups excluding carboxylic acids is 1. The molecule has 10 rings (SSSR count). The molecule has 0 atom stereocenters. The van der Waals surface area contributed by atoms with E-state index in [1.54, 1.807) is 0 Å². The fourth-order valence-corrected chi connectivity index (χ4v) is 12.3. The van der Waals surface area contributed by atoms with Crippen LogP contribution in [-0.4, -0.2) is 52.9 Å². The number of fused-ring (bicyclic) bond motifs is 14. The number of rotatable bonds is 3. The van der Waals surface area contributed by atoms with Crippen LogP contribution in [-0.2, 0) is 8.32 Å². The van der Waals surface area contributed by atoms with Gasteiger partial charge in [-0.3, -0.25) is 0 Å². The van der Waals surface area contributed by atoms with Gasteiger partial charge in [0.1, 0.15) is 0 Å². The Morgan fingerprint density at radius 1 is 0.571 bits per heavy atom. The number of amidine groups is 4. The first kappa shape index (κ1) is 28.4. The minimum atomic E-state index is -3.98. The van der Waals surface area contributed by atoms with Gasteiger partial charge in [-0.25, -0.2) is 0 Å². The Labute approximate surface area is 286 Å². The second kappa shape index (κ2) is 10.2. The molecule has 0 N–H and O–H groups in total. The van der Waals surface area contributed by atoms with Crippen LogP contribution in [0.2, 0.25) is 0 Å². The van der Waals surface area contributed by atoms with E-state index in [1.165, 1.54) is 0 Å². The van der Waals surface area contributed by atoms with Crippen LogP contribution in [0, 0.1) is 5.41 Å². The summed E-state index contributed by atoms with van der Waals surface area (Å²) in [5.74, 6) is 3.17. The van der Waals surface area contributed by atoms with E-state index >= 15 is 0 Å². The van der Waals surface area contributed by atoms with Gasteiger partial charge in [0, 0.05) is 0 Å². The van der Waals surface area contributed by atoms with E-state index in [9.17, 15) is 4.79 Å². The zero-order valence-electron chi connectivity index (χ0n) is 26.9. The van der Waals surface area contributed by atoms with Crippen LogP contribution in [0.15, 0.2) is 127 Å². The average molecular weight is 697 g/mol. The van der Waals surface area contributed by atoms with E-state index in [1.807, 2.05) is 118 Å². The van der Waals surface area contributed by atoms with Crippen LogP contribution in [0.1, 0.15) is 49.4 Å². The third-order valence-electron chi connectivity index (χ3n) is 9.91. The van der Waals surface area contributed by atoms with Crippen LogP contribution in [0.25, 0.3) is 21.5 Å². The Bertz CT molecular complexity index is 2580. The molecular formula is C38H27GaN8O2. The van der Waals surface area contributed by atoms with E-state index < -0.39 is 22.5 Å². The van der Waals surface area contributed by atoms with Crippen molar-refractivity contribution in [3.05, 3.63) is 130 Å². The first-order chi connectivity index (χ1) is 23.9. The van der Waals surface area contributed by atoms with Gasteiger partial charge in [0.2, 0.25) is 0 Å². The molecule has 4 aliphatic heterocycles. The Morgan fingerprint density at radius 2 is 0.959 bits per heavy atom. The Hall–Kier alpha value is -5.65. The predicted octanol–water partition coefficient (Wildman–Crippen LogP) is 5.90. The monoisotopic (exact) mass is 696 g/mol. The van der Waals surface area contributed by atoms with Crippen LogP contribution in [0.3, 0.4) is 0 Å². The summed E-state index contributed by atoms with van der Waals surface area (Å²) in [6.07, 6.45) is 0.610. The summed E-state index contributed by atoms with van der Waals surface area (Å²) >= 11 is -3.98. The zero-order valence-corrected chi connectivity index (χ0v) is 29.3. The summed E-state index contributed by atoms with van der Waals surface area (Å²) < 4.78 is 11.1. The van der Waals surface area contributed by atoms with Crippen molar-refractivity contribution in [3.8, 4) is 0 Å². The molecule has 0 spiro atoms. The fourth-order valence-electron chi connectivity index (χ4n) is 6.89. The van der Waals surface area contributed by atoms with E-state index in [4.69, 9.17) is 33.5 Å². The zero-order chi connectivity index (χ0) is 33.0. The van der Waals surface area contributed by atoms with Gasteiger partial charge in [-0.2, -0.15) is 0 Å². The molecule has 4 aliphatic rings. The van der Waals surface area contributed by atoms with Crippen molar-refractivity contribution < 1.29 is 8.32 Å². The van der Waals surface area contributed by atoms with Crippen molar-refractivity contribution in [2.75, 3.05) is 0 Å². The summed E-state index contributed by atoms with van der Waals surface area (Å²) in [6.45, 7) is 5.86. The van der Waals surface area contributed by atoms with Gasteiger partial charge in [-0.1, -0.05) is 0 Å². The third kappa shape index (κ3) is 4.00. The van der Waals surface area contributed by atoms with Gasteiger partial charge in [0.05, 0.1) is 0 Å². The van der Waals surface area contributed by atoms with Gasteiger partial charge >= 0.3 is 287 Å². The van der Waals surface area contributed by atoms with Crippen molar-refractivity contribution in [2.45, 2.75) is 27.2 Å². The maximum atomic E-state index is 14.3. The summed E-state index contributed by atoms with van der Waals surface area (Å²) in [6, 6.07) is 32.2. The van der Waals surface area contributed by atoms with Gasteiger partial charge in [0.25, 0.3) is 0 Å². The maximum absolute atomic E-state index is 14.3. The van der Waals surface area contributed by atoms with Crippen molar-refractivity contribution in [3.63, 3.8) is 0 Å². The first-order valence-electron chi connectivity index (χ1n) is 16.4. The number of nitrogens with zero attached hydrogens (tertiary/aromatic N) is 8. The molecule has 0 fully saturated rings. The predicted molar refractivity (Wildman–Crippen MR) is 191 cm³/mol. The topological polar surface area (TPSA) is 110 Å². The van der Waals surface area contributed by atoms with Crippen LogP contribution >= 0.6 is 0 Å². The summed E-state index contributed by atoms with van der Waals surface area (Å²) in [7, 11) is 0. The van der Waals surface area contributed by atoms with Gasteiger partial charge in [-0.15, -0.1) is 0 Å². The van der Waals surface area contributed by atoms with Crippen LogP contribution in [0.5, 0.6) is 0 Å². The molecule has 0 saturated carbocycles. The molecule has 49 heavy (non-hydrogen) atoms. The fraction of sp³-hybridized carbons (Fsp3) is 0.132. The molecule has 234 valence electrons. The normalized spacial score (nSPS) is 15.4. The molecule has 0 amide bonds. The van der Waals surface area contributed by atoms with E-state index in [2.05, 4.69) is 6.55 Å². The van der Waals surface area contributed by atoms with Crippen molar-refractivity contribution in [1.29, 1.82) is 0 Å². The molecule has 11 heteroatoms. The van der Waals surface area contributed by atoms with E-state index in [-0.39, 0.29) is 5.97 Å². The molecule has 0 unspecified atom stereocenters. The Morgan fingerprint density at radius 3 is 1.39 bits per heavy atom. The standard InChI is InChI=1S/C32H16N8.C6H12O2.Ga/c1-2-10-18-17(9-1)25-33-26(18)38-28-21-13-5-6-14-22(21)30(35-28)40-32-24-16-8-7-15-23(24)31(36-32)39-29-20-12-4-3-11-19(20)27(34-29)37-25;1-4-6(2,3)5(7)8;/h1-16H;4H2,1-3H3,(H,7,8);/q-2;;+3/p-1. The molecule has 0 saturated heterocycles. The van der Waals surface area contributed by atoms with E-state index in [0.717, 1.165) is 43.8 Å². The molecule has 10 nitrogen and oxygen atoms in total. The van der Waals surface area contributed by atoms with Crippen molar-refractivity contribution >= 4 is 79.6 Å². The van der Waals surface area contributed by atoms with Gasteiger partial charge < -0.3 is 0 Å². The third-order valence-corrected chi connectivity index (χ3v) is 14.7. The van der Waals surface area contributed by atoms with Crippen LogP contribution < -0.4 is 11.0 Å². The second-order valence-electron chi connectivity index (χ2n) is 13.2. The molecular weight excluding hydrogens is 670 g/mol. The average Bonchev–Trinajstić information content (AvgIpc) is 3.84. The SMILES string of the molecule is CCC(C)(C)C(=O)[O][Ga]1[n]2c3c4ccccc4c2N=C2N=C(N=c4c5ccccc5c([n]41)=NC1=NC(=N3)c3ccccc31)c1ccccc12. The summed E-state index contributed by atoms with van der Waals surface area (Å²) in [4.78, 5) is 45.7. The Balaban J connectivity index is 1.47. The van der Waals surface area contributed by atoms with Gasteiger partial charge in [-0.05, 0) is 0 Å². The molecule has 6 bridgehead atoms. The number of hydrogen-bond acceptors (Lipinski definition) is 8. The molecule has 6 aromatic rings. The first-order valence-corrected chi connectivity index (χ1v) is 19.5. The quantitative estimate of drug-likeness (QED) is 0.215. The van der Waals surface area contributed by atoms with Crippen molar-refractivity contribution in [1.82, 2.24) is 6.55 Å². The van der Waals surface area contributed by atoms with Crippen LogP contribution in [0.4, 0.5) is 11.6 Å². The number of hydrogen-bond donors (Lipinski definition) is 0. The number of carbonyl (C=O) groups is 1. The van der Waals surface area contributed by atoms with Crippen molar-refractivity contribution in [2.24, 2.45) is 35.4 Å². The summed E-state index contributed by atoms with van der Waals surface area (Å²) in [5, 5.41) is 3.50. The van der Waals surface area contributed by atoms with Gasteiger partial charge in [0.15, 0.2) is 0 Å². The summed E-state index contributed by atoms with van der Waals surface area (Å²) in [5.41, 5.74) is 4.07. The Kier molecular flexibility index (Phi) is 5.89. The second-order valence-corrected chi connectivity index (χ2v) is 17.2.